The number of methoxy groups -OCH3 is 1. The Morgan fingerprint density at radius 2 is 1.97 bits per heavy atom. The van der Waals surface area contributed by atoms with E-state index >= 15 is 0 Å². The molecule has 1 unspecified atom stereocenters. The summed E-state index contributed by atoms with van der Waals surface area (Å²) in [6.07, 6.45) is 3.26. The third-order valence-electron chi connectivity index (χ3n) is 5.24. The van der Waals surface area contributed by atoms with Crippen molar-refractivity contribution in [2.75, 3.05) is 7.11 Å². The molecule has 9 heteroatoms. The van der Waals surface area contributed by atoms with Gasteiger partial charge in [0.05, 0.1) is 30.4 Å². The minimum absolute atomic E-state index is 0.0681. The van der Waals surface area contributed by atoms with Crippen LogP contribution < -0.4 is 5.32 Å². The molecule has 1 aliphatic carbocycles. The second-order valence-corrected chi connectivity index (χ2v) is 11.0. The third-order valence-corrected chi connectivity index (χ3v) is 7.64. The van der Waals surface area contributed by atoms with Gasteiger partial charge in [-0.25, -0.2) is 17.2 Å². The number of allylic oxidation sites excluding steroid dienone is 3. The molecule has 172 valence electrons. The van der Waals surface area contributed by atoms with Crippen molar-refractivity contribution < 1.29 is 27.5 Å². The molecule has 0 aliphatic heterocycles. The maximum absolute atomic E-state index is 14.1. The Morgan fingerprint density at radius 3 is 2.59 bits per heavy atom. The molecule has 2 aromatic rings. The van der Waals surface area contributed by atoms with Crippen LogP contribution >= 0.6 is 0 Å². The number of amides is 1. The van der Waals surface area contributed by atoms with Crippen LogP contribution in [0.4, 0.5) is 4.79 Å². The van der Waals surface area contributed by atoms with Gasteiger partial charge in [0.2, 0.25) is 0 Å². The van der Waals surface area contributed by atoms with Crippen molar-refractivity contribution in [3.05, 3.63) is 59.5 Å². The van der Waals surface area contributed by atoms with Crippen LogP contribution in [-0.2, 0) is 30.8 Å². The Kier molecular flexibility index (Phi) is 6.24. The fourth-order valence-electron chi connectivity index (χ4n) is 3.81. The van der Waals surface area contributed by atoms with Gasteiger partial charge < -0.3 is 14.8 Å². The van der Waals surface area contributed by atoms with Crippen molar-refractivity contribution in [1.82, 2.24) is 9.29 Å². The Morgan fingerprint density at radius 1 is 1.28 bits per heavy atom. The van der Waals surface area contributed by atoms with Crippen LogP contribution in [0.15, 0.2) is 53.8 Å². The number of alkyl carbamates (subject to hydrolysis) is 1. The van der Waals surface area contributed by atoms with E-state index in [0.717, 1.165) is 0 Å². The normalized spacial score (nSPS) is 19.2. The molecule has 0 saturated heterocycles. The van der Waals surface area contributed by atoms with E-state index in [1.54, 1.807) is 63.3 Å². The number of aldehydes is 1. The van der Waals surface area contributed by atoms with E-state index in [4.69, 9.17) is 9.47 Å². The quantitative estimate of drug-likeness (QED) is 0.660. The number of para-hydroxylation sites is 1. The highest BCUT2D eigenvalue weighted by molar-refractivity contribution is 7.91. The summed E-state index contributed by atoms with van der Waals surface area (Å²) in [5.41, 5.74) is 0.312. The summed E-state index contributed by atoms with van der Waals surface area (Å²) in [6.45, 7) is 6.70. The molecule has 0 saturated carbocycles. The SMILES string of the molecule is COC1=C(C=O)C=CCC1(C)S(=O)(=O)n1c(CNC(=O)OC(C)(C)C)cc2ccccc21. The first-order valence-corrected chi connectivity index (χ1v) is 11.6. The Balaban J connectivity index is 2.12. The highest BCUT2D eigenvalue weighted by Crippen LogP contribution is 2.39. The van der Waals surface area contributed by atoms with Crippen LogP contribution in [0.1, 0.15) is 39.8 Å². The number of carbonyl (C=O) groups excluding carboxylic acids is 2. The number of benzene rings is 1. The summed E-state index contributed by atoms with van der Waals surface area (Å²) in [4.78, 5) is 23.7. The number of carbonyl (C=O) groups is 2. The van der Waals surface area contributed by atoms with E-state index in [2.05, 4.69) is 5.32 Å². The average molecular weight is 461 g/mol. The molecule has 1 heterocycles. The van der Waals surface area contributed by atoms with Crippen molar-refractivity contribution in [2.24, 2.45) is 0 Å². The molecule has 0 radical (unpaired) electrons. The van der Waals surface area contributed by atoms with Crippen molar-refractivity contribution in [3.63, 3.8) is 0 Å². The first kappa shape index (κ1) is 23.6. The van der Waals surface area contributed by atoms with Crippen LogP contribution in [0.3, 0.4) is 0 Å². The molecular formula is C23H28N2O6S. The highest BCUT2D eigenvalue weighted by atomic mass is 32.2. The number of ether oxygens (including phenoxy) is 2. The molecule has 1 aliphatic rings. The Hall–Kier alpha value is -3.07. The summed E-state index contributed by atoms with van der Waals surface area (Å²) >= 11 is 0. The summed E-state index contributed by atoms with van der Waals surface area (Å²) in [5, 5.41) is 3.33. The molecule has 3 rings (SSSR count). The van der Waals surface area contributed by atoms with Crippen LogP contribution in [0.2, 0.25) is 0 Å². The van der Waals surface area contributed by atoms with Gasteiger partial charge in [-0.2, -0.15) is 0 Å². The van der Waals surface area contributed by atoms with Crippen molar-refractivity contribution >= 4 is 33.3 Å². The Bertz CT molecular complexity index is 1220. The van der Waals surface area contributed by atoms with E-state index in [1.165, 1.54) is 18.0 Å². The predicted molar refractivity (Wildman–Crippen MR) is 122 cm³/mol. The summed E-state index contributed by atoms with van der Waals surface area (Å²) in [5.74, 6) is 0.0823. The summed E-state index contributed by atoms with van der Waals surface area (Å²) in [6, 6.07) is 8.75. The van der Waals surface area contributed by atoms with Gasteiger partial charge in [0.25, 0.3) is 10.0 Å². The number of hydrogen-bond donors (Lipinski definition) is 1. The van der Waals surface area contributed by atoms with E-state index in [9.17, 15) is 18.0 Å². The molecular weight excluding hydrogens is 432 g/mol. The van der Waals surface area contributed by atoms with Crippen molar-refractivity contribution in [1.29, 1.82) is 0 Å². The van der Waals surface area contributed by atoms with Gasteiger partial charge in [-0.05, 0) is 46.2 Å². The van der Waals surface area contributed by atoms with Gasteiger partial charge in [-0.3, -0.25) is 4.79 Å². The lowest BCUT2D eigenvalue weighted by atomic mass is 9.95. The van der Waals surface area contributed by atoms with Crippen molar-refractivity contribution in [3.8, 4) is 0 Å². The van der Waals surface area contributed by atoms with E-state index in [1.807, 2.05) is 0 Å². The van der Waals surface area contributed by atoms with Gasteiger partial charge in [0.15, 0.2) is 6.29 Å². The van der Waals surface area contributed by atoms with Crippen molar-refractivity contribution in [2.45, 2.75) is 51.0 Å². The molecule has 8 nitrogen and oxygen atoms in total. The molecule has 0 bridgehead atoms. The number of hydrogen-bond acceptors (Lipinski definition) is 6. The summed E-state index contributed by atoms with van der Waals surface area (Å²) in [7, 11) is -2.78. The van der Waals surface area contributed by atoms with Gasteiger partial charge in [-0.1, -0.05) is 30.4 Å². The molecule has 0 spiro atoms. The lowest BCUT2D eigenvalue weighted by Gasteiger charge is -2.33. The molecule has 1 N–H and O–H groups in total. The van der Waals surface area contributed by atoms with Crippen LogP contribution in [-0.4, -0.2) is 42.2 Å². The van der Waals surface area contributed by atoms with Crippen LogP contribution in [0.5, 0.6) is 0 Å². The first-order chi connectivity index (χ1) is 14.9. The number of nitrogens with zero attached hydrogens (tertiary/aromatic N) is 1. The predicted octanol–water partition coefficient (Wildman–Crippen LogP) is 3.66. The van der Waals surface area contributed by atoms with E-state index in [-0.39, 0.29) is 24.3 Å². The zero-order chi connectivity index (χ0) is 23.7. The summed E-state index contributed by atoms with van der Waals surface area (Å²) < 4.78 is 38.5. The standard InChI is InChI=1S/C23H28N2O6S/c1-22(2,3)31-21(27)24-14-18-13-16-9-6-7-11-19(16)25(18)32(28,29)23(4)12-8-10-17(15-26)20(23)30-5/h6-11,13,15H,12,14H2,1-5H3,(H,24,27). The number of rotatable bonds is 6. The van der Waals surface area contributed by atoms with Gasteiger partial charge in [0.1, 0.15) is 16.1 Å². The van der Waals surface area contributed by atoms with E-state index in [0.29, 0.717) is 22.9 Å². The highest BCUT2D eigenvalue weighted by Gasteiger charge is 2.48. The van der Waals surface area contributed by atoms with E-state index < -0.39 is 26.5 Å². The maximum atomic E-state index is 14.1. The van der Waals surface area contributed by atoms with Gasteiger partial charge in [0, 0.05) is 5.39 Å². The zero-order valence-electron chi connectivity index (χ0n) is 18.8. The lowest BCUT2D eigenvalue weighted by Crippen LogP contribution is -2.44. The fraction of sp³-hybridized carbons (Fsp3) is 0.391. The Labute approximate surface area is 187 Å². The smallest absolute Gasteiger partial charge is 0.407 e. The van der Waals surface area contributed by atoms with Gasteiger partial charge in [-0.15, -0.1) is 0 Å². The minimum atomic E-state index is -4.13. The molecule has 32 heavy (non-hydrogen) atoms. The second kappa shape index (κ2) is 8.46. The topological polar surface area (TPSA) is 104 Å². The molecule has 1 amide bonds. The minimum Gasteiger partial charge on any atom is -0.499 e. The number of fused-ring (bicyclic) bond motifs is 1. The van der Waals surface area contributed by atoms with Gasteiger partial charge >= 0.3 is 6.09 Å². The maximum Gasteiger partial charge on any atom is 0.407 e. The number of aromatic nitrogens is 1. The zero-order valence-corrected chi connectivity index (χ0v) is 19.7. The first-order valence-electron chi connectivity index (χ1n) is 10.2. The average Bonchev–Trinajstić information content (AvgIpc) is 3.09. The van der Waals surface area contributed by atoms with Crippen LogP contribution in [0, 0.1) is 0 Å². The molecule has 1 atom stereocenters. The fourth-order valence-corrected chi connectivity index (χ4v) is 5.80. The monoisotopic (exact) mass is 460 g/mol. The lowest BCUT2D eigenvalue weighted by molar-refractivity contribution is -0.104. The third kappa shape index (κ3) is 4.17. The molecule has 0 fully saturated rings. The molecule has 1 aromatic carbocycles. The van der Waals surface area contributed by atoms with Crippen LogP contribution in [0.25, 0.3) is 10.9 Å². The largest absolute Gasteiger partial charge is 0.499 e. The molecule has 1 aromatic heterocycles. The second-order valence-electron chi connectivity index (χ2n) is 8.76. The number of nitrogens with one attached hydrogen (secondary N) is 1.